The zero-order chi connectivity index (χ0) is 15.0. The van der Waals surface area contributed by atoms with Crippen LogP contribution in [0.4, 0.5) is 0 Å². The van der Waals surface area contributed by atoms with Gasteiger partial charge in [-0.2, -0.15) is 0 Å². The Morgan fingerprint density at radius 3 is 1.90 bits per heavy atom. The van der Waals surface area contributed by atoms with Crippen molar-refractivity contribution in [2.24, 2.45) is 0 Å². The van der Waals surface area contributed by atoms with Crippen LogP contribution in [-0.2, 0) is 17.6 Å². The Bertz CT molecular complexity index is 720. The Hall–Kier alpha value is -2.31. The Morgan fingerprint density at radius 2 is 1.43 bits per heavy atom. The van der Waals surface area contributed by atoms with E-state index in [2.05, 4.69) is 0 Å². The number of amides is 2. The van der Waals surface area contributed by atoms with Crippen LogP contribution in [0.2, 0.25) is 0 Å². The van der Waals surface area contributed by atoms with Crippen LogP contribution < -0.4 is 0 Å². The number of hydrogen-bond donors (Lipinski definition) is 1. The van der Waals surface area contributed by atoms with Crippen molar-refractivity contribution in [1.29, 1.82) is 0 Å². The summed E-state index contributed by atoms with van der Waals surface area (Å²) >= 11 is -2.04. The van der Waals surface area contributed by atoms with E-state index < -0.39 is 11.1 Å². The summed E-state index contributed by atoms with van der Waals surface area (Å²) in [7, 11) is 0. The number of nitrogens with zero attached hydrogens (tertiary/aromatic N) is 1. The molecule has 2 amide bonds. The van der Waals surface area contributed by atoms with E-state index in [1.54, 1.807) is 36.4 Å². The molecule has 0 fully saturated rings. The lowest BCUT2D eigenvalue weighted by Gasteiger charge is -2.13. The van der Waals surface area contributed by atoms with Crippen molar-refractivity contribution in [3.05, 3.63) is 65.2 Å². The molecule has 21 heavy (non-hydrogen) atoms. The molecular weight excluding hydrogens is 290 g/mol. The maximum Gasteiger partial charge on any atom is 0.261 e. The molecule has 0 saturated heterocycles. The standard InChI is InChI=1S/C15H11NO4S/c17-14-12-3-1-2-4-13(12)15(18)16(14)9-10-5-7-11(8-6-10)21(19)20/h1-8H,9H2,(H,19,20). The Balaban J connectivity index is 1.85. The molecular formula is C15H11NO4S. The summed E-state index contributed by atoms with van der Waals surface area (Å²) in [5, 5.41) is 0. The van der Waals surface area contributed by atoms with Crippen molar-refractivity contribution in [2.45, 2.75) is 11.4 Å². The minimum absolute atomic E-state index is 0.144. The fourth-order valence-corrected chi connectivity index (χ4v) is 2.65. The van der Waals surface area contributed by atoms with Crippen molar-refractivity contribution in [1.82, 2.24) is 4.90 Å². The quantitative estimate of drug-likeness (QED) is 0.695. The van der Waals surface area contributed by atoms with Crippen LogP contribution in [0.3, 0.4) is 0 Å². The summed E-state index contributed by atoms with van der Waals surface area (Å²) in [6.07, 6.45) is 0. The first kappa shape index (κ1) is 13.7. The lowest BCUT2D eigenvalue weighted by atomic mass is 10.1. The molecule has 3 rings (SSSR count). The third-order valence-corrected chi connectivity index (χ3v) is 4.02. The second-order valence-corrected chi connectivity index (χ2v) is 5.60. The van der Waals surface area contributed by atoms with Gasteiger partial charge in [-0.25, -0.2) is 4.21 Å². The molecule has 2 aromatic carbocycles. The molecule has 1 unspecified atom stereocenters. The smallest absolute Gasteiger partial charge is 0.261 e. The molecule has 2 aromatic rings. The molecule has 0 saturated carbocycles. The zero-order valence-electron chi connectivity index (χ0n) is 10.9. The average molecular weight is 301 g/mol. The topological polar surface area (TPSA) is 74.7 Å². The highest BCUT2D eigenvalue weighted by atomic mass is 32.2. The Labute approximate surface area is 123 Å². The molecule has 5 nitrogen and oxygen atoms in total. The second-order valence-electron chi connectivity index (χ2n) is 4.64. The molecule has 1 heterocycles. The highest BCUT2D eigenvalue weighted by Gasteiger charge is 2.34. The van der Waals surface area contributed by atoms with E-state index in [9.17, 15) is 13.8 Å². The van der Waals surface area contributed by atoms with Gasteiger partial charge in [0.25, 0.3) is 11.8 Å². The number of rotatable bonds is 3. The summed E-state index contributed by atoms with van der Waals surface area (Å²) in [6, 6.07) is 13.0. The Kier molecular flexibility index (Phi) is 3.40. The number of benzene rings is 2. The average Bonchev–Trinajstić information content (AvgIpc) is 2.73. The second kappa shape index (κ2) is 5.23. The largest absolute Gasteiger partial charge is 0.302 e. The predicted octanol–water partition coefficient (Wildman–Crippen LogP) is 2.06. The van der Waals surface area contributed by atoms with E-state index in [-0.39, 0.29) is 23.3 Å². The Morgan fingerprint density at radius 1 is 0.905 bits per heavy atom. The summed E-state index contributed by atoms with van der Waals surface area (Å²) in [4.78, 5) is 25.9. The lowest BCUT2D eigenvalue weighted by molar-refractivity contribution is 0.0642. The molecule has 0 aliphatic carbocycles. The highest BCUT2D eigenvalue weighted by Crippen LogP contribution is 2.24. The third kappa shape index (κ3) is 2.39. The molecule has 0 spiro atoms. The van der Waals surface area contributed by atoms with Crippen molar-refractivity contribution in [3.63, 3.8) is 0 Å². The number of fused-ring (bicyclic) bond motifs is 1. The number of hydrogen-bond acceptors (Lipinski definition) is 3. The molecule has 0 bridgehead atoms. The van der Waals surface area contributed by atoms with Gasteiger partial charge in [-0.15, -0.1) is 0 Å². The number of carbonyl (C=O) groups excluding carboxylic acids is 2. The van der Waals surface area contributed by atoms with Crippen LogP contribution in [0, 0.1) is 0 Å². The van der Waals surface area contributed by atoms with Crippen molar-refractivity contribution in [3.8, 4) is 0 Å². The first-order valence-electron chi connectivity index (χ1n) is 6.23. The van der Waals surface area contributed by atoms with Gasteiger partial charge in [-0.1, -0.05) is 24.3 Å². The van der Waals surface area contributed by atoms with E-state index in [4.69, 9.17) is 4.55 Å². The number of carbonyl (C=O) groups is 2. The van der Waals surface area contributed by atoms with E-state index in [1.807, 2.05) is 0 Å². The summed E-state index contributed by atoms with van der Waals surface area (Å²) in [6.45, 7) is 0.144. The van der Waals surface area contributed by atoms with Gasteiger partial charge >= 0.3 is 0 Å². The normalized spacial score (nSPS) is 15.2. The molecule has 1 N–H and O–H groups in total. The van der Waals surface area contributed by atoms with Gasteiger partial charge in [-0.05, 0) is 29.8 Å². The van der Waals surface area contributed by atoms with E-state index in [1.165, 1.54) is 17.0 Å². The van der Waals surface area contributed by atoms with Crippen LogP contribution >= 0.6 is 0 Å². The van der Waals surface area contributed by atoms with Gasteiger partial charge in [0, 0.05) is 0 Å². The van der Waals surface area contributed by atoms with Crippen LogP contribution in [0.25, 0.3) is 0 Å². The first-order chi connectivity index (χ1) is 10.1. The van der Waals surface area contributed by atoms with Gasteiger partial charge in [0.05, 0.1) is 22.6 Å². The molecule has 1 atom stereocenters. The van der Waals surface area contributed by atoms with Crippen molar-refractivity contribution in [2.75, 3.05) is 0 Å². The minimum Gasteiger partial charge on any atom is -0.302 e. The van der Waals surface area contributed by atoms with Gasteiger partial charge in [0.15, 0.2) is 11.1 Å². The molecule has 1 aliphatic rings. The third-order valence-electron chi connectivity index (χ3n) is 3.34. The fraction of sp³-hybridized carbons (Fsp3) is 0.0667. The van der Waals surface area contributed by atoms with Crippen LogP contribution in [0.5, 0.6) is 0 Å². The summed E-state index contributed by atoms with van der Waals surface area (Å²) in [5.41, 5.74) is 1.55. The van der Waals surface area contributed by atoms with Crippen molar-refractivity contribution >= 4 is 22.9 Å². The lowest BCUT2D eigenvalue weighted by Crippen LogP contribution is -2.29. The molecule has 6 heteroatoms. The summed E-state index contributed by atoms with van der Waals surface area (Å²) in [5.74, 6) is -0.629. The zero-order valence-corrected chi connectivity index (χ0v) is 11.7. The maximum atomic E-state index is 12.2. The molecule has 0 aromatic heterocycles. The van der Waals surface area contributed by atoms with Crippen LogP contribution in [0.15, 0.2) is 53.4 Å². The van der Waals surface area contributed by atoms with Gasteiger partial charge in [0.2, 0.25) is 0 Å². The SMILES string of the molecule is O=C1c2ccccc2C(=O)N1Cc1ccc(S(=O)O)cc1. The highest BCUT2D eigenvalue weighted by molar-refractivity contribution is 7.79. The van der Waals surface area contributed by atoms with Gasteiger partial charge < -0.3 is 4.55 Å². The van der Waals surface area contributed by atoms with E-state index >= 15 is 0 Å². The number of imide groups is 1. The summed E-state index contributed by atoms with van der Waals surface area (Å²) < 4.78 is 19.9. The van der Waals surface area contributed by atoms with Crippen LogP contribution in [0.1, 0.15) is 26.3 Å². The predicted molar refractivity (Wildman–Crippen MR) is 76.1 cm³/mol. The maximum absolute atomic E-state index is 12.2. The van der Waals surface area contributed by atoms with Crippen LogP contribution in [-0.4, -0.2) is 25.5 Å². The molecule has 106 valence electrons. The van der Waals surface area contributed by atoms with E-state index in [0.29, 0.717) is 11.1 Å². The minimum atomic E-state index is -2.04. The molecule has 0 radical (unpaired) electrons. The fourth-order valence-electron chi connectivity index (χ4n) is 2.28. The monoisotopic (exact) mass is 301 g/mol. The van der Waals surface area contributed by atoms with Crippen molar-refractivity contribution < 1.29 is 18.4 Å². The van der Waals surface area contributed by atoms with Gasteiger partial charge in [0.1, 0.15) is 0 Å². The van der Waals surface area contributed by atoms with E-state index in [0.717, 1.165) is 5.56 Å². The van der Waals surface area contributed by atoms with Gasteiger partial charge in [-0.3, -0.25) is 14.5 Å². The first-order valence-corrected chi connectivity index (χ1v) is 7.33. The molecule has 1 aliphatic heterocycles.